The van der Waals surface area contributed by atoms with Crippen molar-refractivity contribution in [3.05, 3.63) is 0 Å². The Morgan fingerprint density at radius 2 is 2.15 bits per heavy atom. The van der Waals surface area contributed by atoms with Gasteiger partial charge in [-0.2, -0.15) is 0 Å². The number of hydrogen-bond acceptors (Lipinski definition) is 5. The van der Waals surface area contributed by atoms with Gasteiger partial charge < -0.3 is 9.47 Å². The summed E-state index contributed by atoms with van der Waals surface area (Å²) in [6, 6.07) is 0.262. The molecule has 20 heavy (non-hydrogen) atoms. The van der Waals surface area contributed by atoms with Gasteiger partial charge in [0.1, 0.15) is 5.54 Å². The van der Waals surface area contributed by atoms with Gasteiger partial charge in [0.25, 0.3) is 0 Å². The summed E-state index contributed by atoms with van der Waals surface area (Å²) >= 11 is 0. The second-order valence-electron chi connectivity index (χ2n) is 6.28. The summed E-state index contributed by atoms with van der Waals surface area (Å²) in [6.07, 6.45) is 3.25. The van der Waals surface area contributed by atoms with Crippen LogP contribution < -0.4 is 5.32 Å². The molecule has 1 aliphatic carbocycles. The Bertz CT molecular complexity index is 323. The smallest absolute Gasteiger partial charge is 0.327 e. The Morgan fingerprint density at radius 3 is 2.75 bits per heavy atom. The highest BCUT2D eigenvalue weighted by atomic mass is 16.5. The molecule has 2 fully saturated rings. The van der Waals surface area contributed by atoms with E-state index >= 15 is 0 Å². The molecule has 1 N–H and O–H groups in total. The average molecular weight is 284 g/mol. The van der Waals surface area contributed by atoms with Crippen molar-refractivity contribution >= 4 is 5.97 Å². The fraction of sp³-hybridized carbons (Fsp3) is 0.933. The van der Waals surface area contributed by atoms with E-state index in [9.17, 15) is 4.79 Å². The minimum Gasteiger partial charge on any atom is -0.468 e. The van der Waals surface area contributed by atoms with Crippen molar-refractivity contribution in [1.82, 2.24) is 10.2 Å². The largest absolute Gasteiger partial charge is 0.468 e. The van der Waals surface area contributed by atoms with E-state index in [4.69, 9.17) is 9.47 Å². The van der Waals surface area contributed by atoms with E-state index in [-0.39, 0.29) is 12.0 Å². The quantitative estimate of drug-likeness (QED) is 0.738. The summed E-state index contributed by atoms with van der Waals surface area (Å²) in [5.74, 6) is 0.292. The standard InChI is InChI=1S/C15H28N2O3/c1-12(2)16-15(13-5-6-13,14(18)19-3)11-17-7-4-9-20-10-8-17/h12-13,16H,4-11H2,1-3H3. The fourth-order valence-electron chi connectivity index (χ4n) is 3.16. The molecule has 0 spiro atoms. The van der Waals surface area contributed by atoms with Crippen LogP contribution in [0.1, 0.15) is 33.1 Å². The lowest BCUT2D eigenvalue weighted by atomic mass is 9.91. The molecular formula is C15H28N2O3. The number of rotatable bonds is 6. The molecule has 0 aromatic carbocycles. The molecule has 0 aromatic heterocycles. The lowest BCUT2D eigenvalue weighted by Gasteiger charge is -2.38. The zero-order valence-corrected chi connectivity index (χ0v) is 13.0. The van der Waals surface area contributed by atoms with Crippen LogP contribution in [0.25, 0.3) is 0 Å². The SMILES string of the molecule is COC(=O)C(CN1CCCOCC1)(NC(C)C)C1CC1. The number of esters is 1. The van der Waals surface area contributed by atoms with Gasteiger partial charge in [-0.15, -0.1) is 0 Å². The Hall–Kier alpha value is -0.650. The van der Waals surface area contributed by atoms with Crippen LogP contribution in [0.5, 0.6) is 0 Å². The topological polar surface area (TPSA) is 50.8 Å². The van der Waals surface area contributed by atoms with E-state index < -0.39 is 5.54 Å². The maximum Gasteiger partial charge on any atom is 0.327 e. The van der Waals surface area contributed by atoms with Crippen LogP contribution in [0, 0.1) is 5.92 Å². The number of nitrogens with one attached hydrogen (secondary N) is 1. The van der Waals surface area contributed by atoms with E-state index in [1.165, 1.54) is 7.11 Å². The highest BCUT2D eigenvalue weighted by molar-refractivity contribution is 5.82. The van der Waals surface area contributed by atoms with Crippen LogP contribution >= 0.6 is 0 Å². The number of carbonyl (C=O) groups is 1. The molecule has 116 valence electrons. The molecular weight excluding hydrogens is 256 g/mol. The highest BCUT2D eigenvalue weighted by Gasteiger charge is 2.52. The third kappa shape index (κ3) is 3.71. The van der Waals surface area contributed by atoms with Crippen LogP contribution in [0.3, 0.4) is 0 Å². The number of methoxy groups -OCH3 is 1. The van der Waals surface area contributed by atoms with E-state index in [1.54, 1.807) is 0 Å². The van der Waals surface area contributed by atoms with Crippen LogP contribution in [0.2, 0.25) is 0 Å². The average Bonchev–Trinajstić information content (AvgIpc) is 3.23. The van der Waals surface area contributed by atoms with Crippen molar-refractivity contribution < 1.29 is 14.3 Å². The molecule has 0 amide bonds. The molecule has 0 aromatic rings. The zero-order valence-electron chi connectivity index (χ0n) is 13.0. The number of ether oxygens (including phenoxy) is 2. The third-order valence-electron chi connectivity index (χ3n) is 4.16. The Kier molecular flexibility index (Phi) is 5.41. The third-order valence-corrected chi connectivity index (χ3v) is 4.16. The predicted molar refractivity (Wildman–Crippen MR) is 77.6 cm³/mol. The Labute approximate surface area is 122 Å². The molecule has 1 heterocycles. The van der Waals surface area contributed by atoms with Crippen LogP contribution in [0.15, 0.2) is 0 Å². The molecule has 1 saturated heterocycles. The van der Waals surface area contributed by atoms with Crippen molar-refractivity contribution in [2.24, 2.45) is 5.92 Å². The minimum atomic E-state index is -0.548. The van der Waals surface area contributed by atoms with Gasteiger partial charge in [-0.05, 0) is 39.0 Å². The molecule has 1 atom stereocenters. The number of nitrogens with zero attached hydrogens (tertiary/aromatic N) is 1. The molecule has 5 heteroatoms. The summed E-state index contributed by atoms with van der Waals surface area (Å²) in [5, 5.41) is 3.52. The van der Waals surface area contributed by atoms with Crippen LogP contribution in [-0.2, 0) is 14.3 Å². The van der Waals surface area contributed by atoms with Crippen LogP contribution in [-0.4, -0.2) is 62.4 Å². The first-order valence-corrected chi connectivity index (χ1v) is 7.74. The van der Waals surface area contributed by atoms with Gasteiger partial charge >= 0.3 is 5.97 Å². The first-order valence-electron chi connectivity index (χ1n) is 7.74. The summed E-state index contributed by atoms with van der Waals surface area (Å²) in [6.45, 7) is 8.37. The van der Waals surface area contributed by atoms with Gasteiger partial charge in [0.05, 0.1) is 13.7 Å². The Balaban J connectivity index is 2.13. The molecule has 2 aliphatic rings. The van der Waals surface area contributed by atoms with Crippen molar-refractivity contribution in [3.63, 3.8) is 0 Å². The normalized spacial score (nSPS) is 24.2. The van der Waals surface area contributed by atoms with Gasteiger partial charge in [0, 0.05) is 32.3 Å². The van der Waals surface area contributed by atoms with E-state index in [2.05, 4.69) is 24.1 Å². The van der Waals surface area contributed by atoms with Gasteiger partial charge in [-0.3, -0.25) is 10.2 Å². The van der Waals surface area contributed by atoms with Gasteiger partial charge in [-0.1, -0.05) is 0 Å². The molecule has 5 nitrogen and oxygen atoms in total. The first kappa shape index (κ1) is 15.7. The lowest BCUT2D eigenvalue weighted by molar-refractivity contribution is -0.151. The van der Waals surface area contributed by atoms with Crippen molar-refractivity contribution in [1.29, 1.82) is 0 Å². The maximum atomic E-state index is 12.5. The highest BCUT2D eigenvalue weighted by Crippen LogP contribution is 2.41. The van der Waals surface area contributed by atoms with E-state index in [0.29, 0.717) is 5.92 Å². The molecule has 1 unspecified atom stereocenters. The molecule has 1 saturated carbocycles. The van der Waals surface area contributed by atoms with Crippen molar-refractivity contribution in [2.75, 3.05) is 40.0 Å². The first-order chi connectivity index (χ1) is 9.58. The second-order valence-corrected chi connectivity index (χ2v) is 6.28. The van der Waals surface area contributed by atoms with E-state index in [0.717, 1.165) is 52.1 Å². The molecule has 0 radical (unpaired) electrons. The zero-order chi connectivity index (χ0) is 14.6. The predicted octanol–water partition coefficient (Wildman–Crippen LogP) is 1.03. The second kappa shape index (κ2) is 6.87. The Morgan fingerprint density at radius 1 is 1.40 bits per heavy atom. The van der Waals surface area contributed by atoms with Crippen molar-refractivity contribution in [3.8, 4) is 0 Å². The van der Waals surface area contributed by atoms with Crippen molar-refractivity contribution in [2.45, 2.75) is 44.7 Å². The lowest BCUT2D eigenvalue weighted by Crippen LogP contribution is -2.63. The minimum absolute atomic E-state index is 0.112. The monoisotopic (exact) mass is 284 g/mol. The molecule has 2 rings (SSSR count). The maximum absolute atomic E-state index is 12.5. The van der Waals surface area contributed by atoms with E-state index in [1.807, 2.05) is 0 Å². The number of carbonyl (C=O) groups excluding carboxylic acids is 1. The summed E-state index contributed by atoms with van der Waals surface area (Å²) in [4.78, 5) is 14.8. The van der Waals surface area contributed by atoms with Crippen LogP contribution in [0.4, 0.5) is 0 Å². The summed E-state index contributed by atoms with van der Waals surface area (Å²) in [7, 11) is 1.49. The van der Waals surface area contributed by atoms with Gasteiger partial charge in [0.2, 0.25) is 0 Å². The van der Waals surface area contributed by atoms with Gasteiger partial charge in [0.15, 0.2) is 0 Å². The molecule has 1 aliphatic heterocycles. The summed E-state index contributed by atoms with van der Waals surface area (Å²) in [5.41, 5.74) is -0.548. The summed E-state index contributed by atoms with van der Waals surface area (Å²) < 4.78 is 10.6. The molecule has 0 bridgehead atoms. The fourth-order valence-corrected chi connectivity index (χ4v) is 3.16. The van der Waals surface area contributed by atoms with Gasteiger partial charge in [-0.25, -0.2) is 4.79 Å². The number of hydrogen-bond donors (Lipinski definition) is 1.